The van der Waals surface area contributed by atoms with Gasteiger partial charge in [0.1, 0.15) is 5.82 Å². The van der Waals surface area contributed by atoms with E-state index < -0.39 is 0 Å². The molecule has 2 rings (SSSR count). The minimum absolute atomic E-state index is 0.0123. The monoisotopic (exact) mass is 258 g/mol. The van der Waals surface area contributed by atoms with Crippen LogP contribution >= 0.6 is 0 Å². The number of benzene rings is 2. The van der Waals surface area contributed by atoms with Gasteiger partial charge in [-0.1, -0.05) is 30.3 Å². The Labute approximate surface area is 113 Å². The van der Waals surface area contributed by atoms with Gasteiger partial charge in [0.25, 0.3) is 0 Å². The van der Waals surface area contributed by atoms with Gasteiger partial charge in [0, 0.05) is 0 Å². The van der Waals surface area contributed by atoms with Crippen LogP contribution in [0.25, 0.3) is 0 Å². The van der Waals surface area contributed by atoms with Crippen molar-refractivity contribution in [1.82, 2.24) is 5.43 Å². The zero-order valence-electron chi connectivity index (χ0n) is 11.3. The maximum absolute atomic E-state index is 13.2. The molecule has 2 aromatic rings. The van der Waals surface area contributed by atoms with Gasteiger partial charge in [-0.05, 0) is 54.7 Å². The summed E-state index contributed by atoms with van der Waals surface area (Å²) in [6.45, 7) is 4.16. The van der Waals surface area contributed by atoms with Crippen LogP contribution in [0, 0.1) is 19.7 Å². The zero-order valence-corrected chi connectivity index (χ0v) is 11.3. The molecule has 2 nitrogen and oxygen atoms in total. The van der Waals surface area contributed by atoms with Crippen LogP contribution < -0.4 is 11.3 Å². The Morgan fingerprint density at radius 2 is 1.89 bits per heavy atom. The molecule has 0 saturated heterocycles. The van der Waals surface area contributed by atoms with Crippen molar-refractivity contribution in [2.75, 3.05) is 0 Å². The van der Waals surface area contributed by atoms with E-state index >= 15 is 0 Å². The van der Waals surface area contributed by atoms with Gasteiger partial charge in [0.2, 0.25) is 0 Å². The van der Waals surface area contributed by atoms with Gasteiger partial charge in [0.15, 0.2) is 0 Å². The third-order valence-corrected chi connectivity index (χ3v) is 3.55. The van der Waals surface area contributed by atoms with E-state index in [1.807, 2.05) is 12.1 Å². The second-order valence-electron chi connectivity index (χ2n) is 4.84. The molecule has 0 radical (unpaired) electrons. The fourth-order valence-electron chi connectivity index (χ4n) is 2.31. The zero-order chi connectivity index (χ0) is 13.8. The van der Waals surface area contributed by atoms with E-state index in [0.717, 1.165) is 11.1 Å². The SMILES string of the molecule is Cc1cccc(C(Cc2cccc(F)c2)NN)c1C. The van der Waals surface area contributed by atoms with Crippen molar-refractivity contribution in [2.45, 2.75) is 26.3 Å². The van der Waals surface area contributed by atoms with E-state index in [-0.39, 0.29) is 11.9 Å². The molecule has 0 aromatic heterocycles. The smallest absolute Gasteiger partial charge is 0.123 e. The number of hydrogen-bond donors (Lipinski definition) is 2. The molecule has 0 aliphatic heterocycles. The topological polar surface area (TPSA) is 38.0 Å². The molecule has 0 heterocycles. The molecule has 0 saturated carbocycles. The van der Waals surface area contributed by atoms with E-state index in [2.05, 4.69) is 31.4 Å². The van der Waals surface area contributed by atoms with E-state index in [1.165, 1.54) is 17.2 Å². The first kappa shape index (κ1) is 13.7. The van der Waals surface area contributed by atoms with Gasteiger partial charge in [-0.15, -0.1) is 0 Å². The Kier molecular flexibility index (Phi) is 4.30. The second kappa shape index (κ2) is 5.95. The summed E-state index contributed by atoms with van der Waals surface area (Å²) < 4.78 is 13.2. The highest BCUT2D eigenvalue weighted by Crippen LogP contribution is 2.23. The lowest BCUT2D eigenvalue weighted by Crippen LogP contribution is -2.30. The van der Waals surface area contributed by atoms with E-state index in [9.17, 15) is 4.39 Å². The first-order chi connectivity index (χ1) is 9.11. The molecule has 2 aromatic carbocycles. The van der Waals surface area contributed by atoms with Crippen molar-refractivity contribution in [1.29, 1.82) is 0 Å². The first-order valence-corrected chi connectivity index (χ1v) is 6.38. The molecule has 1 unspecified atom stereocenters. The van der Waals surface area contributed by atoms with Crippen LogP contribution in [-0.2, 0) is 6.42 Å². The highest BCUT2D eigenvalue weighted by atomic mass is 19.1. The van der Waals surface area contributed by atoms with Gasteiger partial charge in [-0.2, -0.15) is 0 Å². The quantitative estimate of drug-likeness (QED) is 0.653. The van der Waals surface area contributed by atoms with Crippen molar-refractivity contribution < 1.29 is 4.39 Å². The summed E-state index contributed by atoms with van der Waals surface area (Å²) >= 11 is 0. The molecular formula is C16H19FN2. The summed E-state index contributed by atoms with van der Waals surface area (Å²) in [5.41, 5.74) is 7.38. The van der Waals surface area contributed by atoms with Crippen molar-refractivity contribution in [3.8, 4) is 0 Å². The minimum Gasteiger partial charge on any atom is -0.271 e. The lowest BCUT2D eigenvalue weighted by atomic mass is 9.93. The predicted molar refractivity (Wildman–Crippen MR) is 76.1 cm³/mol. The van der Waals surface area contributed by atoms with Crippen molar-refractivity contribution in [3.63, 3.8) is 0 Å². The van der Waals surface area contributed by atoms with E-state index in [4.69, 9.17) is 5.84 Å². The molecular weight excluding hydrogens is 239 g/mol. The fraction of sp³-hybridized carbons (Fsp3) is 0.250. The van der Waals surface area contributed by atoms with Crippen LogP contribution in [0.4, 0.5) is 4.39 Å². The summed E-state index contributed by atoms with van der Waals surface area (Å²) in [5, 5.41) is 0. The fourth-order valence-corrected chi connectivity index (χ4v) is 2.31. The Hall–Kier alpha value is -1.71. The first-order valence-electron chi connectivity index (χ1n) is 6.38. The highest BCUT2D eigenvalue weighted by molar-refractivity contribution is 5.36. The van der Waals surface area contributed by atoms with Crippen molar-refractivity contribution in [3.05, 3.63) is 70.5 Å². The summed E-state index contributed by atoms with van der Waals surface area (Å²) in [6.07, 6.45) is 0.665. The van der Waals surface area contributed by atoms with Crippen LogP contribution in [-0.4, -0.2) is 0 Å². The number of nitrogens with one attached hydrogen (secondary N) is 1. The molecule has 3 heteroatoms. The molecule has 0 aliphatic rings. The molecule has 0 amide bonds. The molecule has 0 aliphatic carbocycles. The average molecular weight is 258 g/mol. The van der Waals surface area contributed by atoms with Gasteiger partial charge in [-0.25, -0.2) is 4.39 Å². The minimum atomic E-state index is -0.214. The van der Waals surface area contributed by atoms with Gasteiger partial charge in [0.05, 0.1) is 6.04 Å². The number of nitrogens with two attached hydrogens (primary N) is 1. The number of halogens is 1. The lowest BCUT2D eigenvalue weighted by molar-refractivity contribution is 0.546. The Morgan fingerprint density at radius 3 is 2.58 bits per heavy atom. The molecule has 3 N–H and O–H groups in total. The molecule has 0 bridgehead atoms. The molecule has 19 heavy (non-hydrogen) atoms. The number of rotatable bonds is 4. The van der Waals surface area contributed by atoms with Gasteiger partial charge < -0.3 is 0 Å². The molecule has 100 valence electrons. The Balaban J connectivity index is 2.28. The van der Waals surface area contributed by atoms with Crippen molar-refractivity contribution >= 4 is 0 Å². The third kappa shape index (κ3) is 3.19. The van der Waals surface area contributed by atoms with E-state index in [1.54, 1.807) is 12.1 Å². The number of aryl methyl sites for hydroxylation is 1. The predicted octanol–water partition coefficient (Wildman–Crippen LogP) is 3.19. The summed E-state index contributed by atoms with van der Waals surface area (Å²) in [7, 11) is 0. The maximum Gasteiger partial charge on any atom is 0.123 e. The highest BCUT2D eigenvalue weighted by Gasteiger charge is 2.14. The van der Waals surface area contributed by atoms with Crippen LogP contribution in [0.3, 0.4) is 0 Å². The molecule has 0 spiro atoms. The van der Waals surface area contributed by atoms with Crippen LogP contribution in [0.2, 0.25) is 0 Å². The van der Waals surface area contributed by atoms with Gasteiger partial charge >= 0.3 is 0 Å². The standard InChI is InChI=1S/C16H19FN2/c1-11-5-3-8-15(12(11)2)16(19-18)10-13-6-4-7-14(17)9-13/h3-9,16,19H,10,18H2,1-2H3. The third-order valence-electron chi connectivity index (χ3n) is 3.55. The Morgan fingerprint density at radius 1 is 1.16 bits per heavy atom. The Bertz CT molecular complexity index is 566. The van der Waals surface area contributed by atoms with E-state index in [0.29, 0.717) is 6.42 Å². The summed E-state index contributed by atoms with van der Waals surface area (Å²) in [4.78, 5) is 0. The summed E-state index contributed by atoms with van der Waals surface area (Å²) in [5.74, 6) is 5.45. The normalized spacial score (nSPS) is 12.4. The maximum atomic E-state index is 13.2. The lowest BCUT2D eigenvalue weighted by Gasteiger charge is -2.20. The van der Waals surface area contributed by atoms with Crippen LogP contribution in [0.1, 0.15) is 28.3 Å². The molecule has 1 atom stereocenters. The summed E-state index contributed by atoms with van der Waals surface area (Å²) in [6, 6.07) is 12.8. The molecule has 0 fully saturated rings. The van der Waals surface area contributed by atoms with Gasteiger partial charge in [-0.3, -0.25) is 11.3 Å². The van der Waals surface area contributed by atoms with Crippen molar-refractivity contribution in [2.24, 2.45) is 5.84 Å². The number of hydrogen-bond acceptors (Lipinski definition) is 2. The largest absolute Gasteiger partial charge is 0.271 e. The average Bonchev–Trinajstić information content (AvgIpc) is 2.40. The van der Waals surface area contributed by atoms with Crippen LogP contribution in [0.15, 0.2) is 42.5 Å². The second-order valence-corrected chi connectivity index (χ2v) is 4.84. The number of hydrazine groups is 1. The van der Waals surface area contributed by atoms with Crippen LogP contribution in [0.5, 0.6) is 0 Å².